The number of nitrogens with zero attached hydrogens (tertiary/aromatic N) is 5. The molecule has 0 unspecified atom stereocenters. The van der Waals surface area contributed by atoms with E-state index < -0.39 is 0 Å². The number of piperazine rings is 1. The Kier molecular flexibility index (Phi) is 8.06. The monoisotopic (exact) mass is 469 g/mol. The van der Waals surface area contributed by atoms with Gasteiger partial charge in [-0.2, -0.15) is 0 Å². The van der Waals surface area contributed by atoms with Crippen LogP contribution in [0.5, 0.6) is 0 Å². The minimum atomic E-state index is 0.670. The number of anilines is 2. The molecule has 0 bridgehead atoms. The predicted octanol–water partition coefficient (Wildman–Crippen LogP) is 4.04. The van der Waals surface area contributed by atoms with Gasteiger partial charge < -0.3 is 20.4 Å². The minimum absolute atomic E-state index is 0.670. The van der Waals surface area contributed by atoms with Gasteiger partial charge in [0.25, 0.3) is 0 Å². The molecule has 32 heavy (non-hydrogen) atoms. The zero-order valence-corrected chi connectivity index (χ0v) is 19.6. The lowest BCUT2D eigenvalue weighted by Crippen LogP contribution is -2.46. The van der Waals surface area contributed by atoms with E-state index in [-0.39, 0.29) is 0 Å². The SMILES string of the molecule is C1CNCNC1.C=Nc1nc(-c2cccc(N3CCN(c4ccc(Cl)cc4)CC3)n2)cs1. The van der Waals surface area contributed by atoms with Gasteiger partial charge in [-0.3, -0.25) is 0 Å². The molecule has 2 aliphatic heterocycles. The topological polar surface area (TPSA) is 68.7 Å². The number of hydrogen-bond acceptors (Lipinski definition) is 8. The second-order valence-corrected chi connectivity index (χ2v) is 8.81. The van der Waals surface area contributed by atoms with Crippen molar-refractivity contribution < 1.29 is 0 Å². The number of thiazole rings is 1. The minimum Gasteiger partial charge on any atom is -0.368 e. The van der Waals surface area contributed by atoms with E-state index in [4.69, 9.17) is 16.6 Å². The summed E-state index contributed by atoms with van der Waals surface area (Å²) in [6.45, 7) is 10.7. The van der Waals surface area contributed by atoms with Gasteiger partial charge in [0, 0.05) is 48.9 Å². The quantitative estimate of drug-likeness (QED) is 0.562. The van der Waals surface area contributed by atoms with E-state index in [1.165, 1.54) is 36.5 Å². The van der Waals surface area contributed by atoms with Crippen molar-refractivity contribution in [2.75, 3.05) is 55.7 Å². The standard InChI is InChI=1S/C19H18ClN5S.C4H10N2/c1-21-19-23-17(13-26-19)16-3-2-4-18(22-16)25-11-9-24(10-12-25)15-7-5-14(20)6-8-15;1-2-5-4-6-3-1/h2-8,13H,1,9-12H2;5-6H,1-4H2. The van der Waals surface area contributed by atoms with Crippen LogP contribution in [0.15, 0.2) is 52.8 Å². The van der Waals surface area contributed by atoms with E-state index in [1.807, 2.05) is 29.6 Å². The molecular weight excluding hydrogens is 442 g/mol. The Morgan fingerprint density at radius 3 is 2.22 bits per heavy atom. The van der Waals surface area contributed by atoms with Gasteiger partial charge in [-0.05, 0) is 62.6 Å². The number of aromatic nitrogens is 2. The number of halogens is 1. The van der Waals surface area contributed by atoms with Gasteiger partial charge >= 0.3 is 0 Å². The third kappa shape index (κ3) is 6.04. The van der Waals surface area contributed by atoms with Crippen LogP contribution in [-0.2, 0) is 0 Å². The smallest absolute Gasteiger partial charge is 0.209 e. The maximum absolute atomic E-state index is 5.98. The van der Waals surface area contributed by atoms with E-state index in [1.54, 1.807) is 0 Å². The largest absolute Gasteiger partial charge is 0.368 e. The van der Waals surface area contributed by atoms with E-state index in [0.717, 1.165) is 55.1 Å². The molecule has 0 atom stereocenters. The Balaban J connectivity index is 0.000000354. The summed E-state index contributed by atoms with van der Waals surface area (Å²) in [5.41, 5.74) is 2.93. The fraction of sp³-hybridized carbons (Fsp3) is 0.348. The fourth-order valence-electron chi connectivity index (χ4n) is 3.65. The van der Waals surface area contributed by atoms with Crippen LogP contribution in [0.25, 0.3) is 11.4 Å². The average molecular weight is 470 g/mol. The first kappa shape index (κ1) is 22.7. The van der Waals surface area contributed by atoms with Crippen molar-refractivity contribution in [2.45, 2.75) is 6.42 Å². The Morgan fingerprint density at radius 1 is 0.906 bits per heavy atom. The first-order valence-electron chi connectivity index (χ1n) is 10.8. The molecule has 9 heteroatoms. The van der Waals surface area contributed by atoms with Crippen molar-refractivity contribution in [3.8, 4) is 11.4 Å². The molecule has 168 valence electrons. The first-order chi connectivity index (χ1) is 15.7. The van der Waals surface area contributed by atoms with E-state index >= 15 is 0 Å². The number of hydrogen-bond donors (Lipinski definition) is 2. The molecule has 4 heterocycles. The molecule has 0 aliphatic carbocycles. The summed E-state index contributed by atoms with van der Waals surface area (Å²) in [6.07, 6.45) is 1.28. The molecule has 2 fully saturated rings. The van der Waals surface area contributed by atoms with Crippen LogP contribution in [0.1, 0.15) is 6.42 Å². The molecule has 0 saturated carbocycles. The van der Waals surface area contributed by atoms with Gasteiger partial charge in [0.1, 0.15) is 11.5 Å². The highest BCUT2D eigenvalue weighted by Crippen LogP contribution is 2.27. The molecule has 5 rings (SSSR count). The number of pyridine rings is 1. The second-order valence-electron chi connectivity index (χ2n) is 7.54. The highest BCUT2D eigenvalue weighted by atomic mass is 35.5. The number of rotatable bonds is 4. The Bertz CT molecular complexity index is 984. The first-order valence-corrected chi connectivity index (χ1v) is 12.1. The molecule has 2 aliphatic rings. The van der Waals surface area contributed by atoms with Gasteiger partial charge in [-0.25, -0.2) is 15.0 Å². The molecule has 0 radical (unpaired) electrons. The molecule has 3 aromatic rings. The molecule has 2 saturated heterocycles. The maximum Gasteiger partial charge on any atom is 0.209 e. The van der Waals surface area contributed by atoms with Crippen LogP contribution in [-0.4, -0.2) is 62.6 Å². The van der Waals surface area contributed by atoms with Gasteiger partial charge in [0.05, 0.1) is 5.69 Å². The van der Waals surface area contributed by atoms with Crippen LogP contribution >= 0.6 is 22.9 Å². The number of nitrogens with one attached hydrogen (secondary N) is 2. The lowest BCUT2D eigenvalue weighted by atomic mass is 10.2. The van der Waals surface area contributed by atoms with Gasteiger partial charge in [0.2, 0.25) is 5.13 Å². The summed E-state index contributed by atoms with van der Waals surface area (Å²) < 4.78 is 0. The van der Waals surface area contributed by atoms with Gasteiger partial charge in [0.15, 0.2) is 0 Å². The van der Waals surface area contributed by atoms with Gasteiger partial charge in [-0.15, -0.1) is 11.3 Å². The summed E-state index contributed by atoms with van der Waals surface area (Å²) in [6, 6.07) is 14.1. The van der Waals surface area contributed by atoms with Crippen molar-refractivity contribution in [2.24, 2.45) is 4.99 Å². The highest BCUT2D eigenvalue weighted by molar-refractivity contribution is 7.13. The predicted molar refractivity (Wildman–Crippen MR) is 136 cm³/mol. The maximum atomic E-state index is 5.98. The van der Waals surface area contributed by atoms with Crippen LogP contribution in [0, 0.1) is 0 Å². The number of benzene rings is 1. The van der Waals surface area contributed by atoms with E-state index in [2.05, 4.69) is 55.3 Å². The normalized spacial score (nSPS) is 16.3. The molecule has 1 aromatic carbocycles. The van der Waals surface area contributed by atoms with Crippen LogP contribution in [0.2, 0.25) is 5.02 Å². The summed E-state index contributed by atoms with van der Waals surface area (Å²) in [4.78, 5) is 17.8. The molecule has 2 aromatic heterocycles. The third-order valence-corrected chi connectivity index (χ3v) is 6.40. The summed E-state index contributed by atoms with van der Waals surface area (Å²) in [5.74, 6) is 0.986. The zero-order chi connectivity index (χ0) is 22.2. The lowest BCUT2D eigenvalue weighted by Gasteiger charge is -2.36. The summed E-state index contributed by atoms with van der Waals surface area (Å²) in [7, 11) is 0. The third-order valence-electron chi connectivity index (χ3n) is 5.38. The van der Waals surface area contributed by atoms with Crippen molar-refractivity contribution >= 4 is 46.3 Å². The molecule has 7 nitrogen and oxygen atoms in total. The van der Waals surface area contributed by atoms with Crippen molar-refractivity contribution in [3.05, 3.63) is 52.9 Å². The Labute approximate surface area is 198 Å². The van der Waals surface area contributed by atoms with Crippen molar-refractivity contribution in [1.29, 1.82) is 0 Å². The molecule has 0 spiro atoms. The molecule has 0 amide bonds. The van der Waals surface area contributed by atoms with Crippen LogP contribution in [0.3, 0.4) is 0 Å². The second kappa shape index (κ2) is 11.4. The Morgan fingerprint density at radius 2 is 1.62 bits per heavy atom. The fourth-order valence-corrected chi connectivity index (χ4v) is 4.39. The lowest BCUT2D eigenvalue weighted by molar-refractivity contribution is 0.496. The van der Waals surface area contributed by atoms with Crippen molar-refractivity contribution in [1.82, 2.24) is 20.6 Å². The van der Waals surface area contributed by atoms with Gasteiger partial charge in [-0.1, -0.05) is 17.7 Å². The van der Waals surface area contributed by atoms with E-state index in [9.17, 15) is 0 Å². The highest BCUT2D eigenvalue weighted by Gasteiger charge is 2.19. The molecular formula is C23H28ClN7S. The zero-order valence-electron chi connectivity index (χ0n) is 18.0. The number of aliphatic imine (C=N–C) groups is 1. The summed E-state index contributed by atoms with van der Waals surface area (Å²) in [5, 5.41) is 9.75. The summed E-state index contributed by atoms with van der Waals surface area (Å²) >= 11 is 7.46. The van der Waals surface area contributed by atoms with Crippen LogP contribution in [0.4, 0.5) is 16.6 Å². The van der Waals surface area contributed by atoms with Crippen LogP contribution < -0.4 is 20.4 Å². The average Bonchev–Trinajstić information content (AvgIpc) is 3.36. The Hall–Kier alpha value is -2.52. The van der Waals surface area contributed by atoms with Crippen molar-refractivity contribution in [3.63, 3.8) is 0 Å². The van der Waals surface area contributed by atoms with E-state index in [0.29, 0.717) is 5.13 Å². The molecule has 2 N–H and O–H groups in total.